The van der Waals surface area contributed by atoms with Crippen LogP contribution in [-0.4, -0.2) is 11.7 Å². The van der Waals surface area contributed by atoms with Gasteiger partial charge < -0.3 is 5.11 Å². The summed E-state index contributed by atoms with van der Waals surface area (Å²) in [4.78, 5) is 0. The lowest BCUT2D eigenvalue weighted by Gasteiger charge is -2.36. The first-order valence-corrected chi connectivity index (χ1v) is 6.82. The van der Waals surface area contributed by atoms with E-state index in [-0.39, 0.29) is 5.41 Å². The highest BCUT2D eigenvalue weighted by Gasteiger charge is 2.31. The molecule has 1 fully saturated rings. The van der Waals surface area contributed by atoms with Gasteiger partial charge in [0, 0.05) is 6.61 Å². The van der Waals surface area contributed by atoms with E-state index in [1.54, 1.807) is 0 Å². The molecule has 0 radical (unpaired) electrons. The second kappa shape index (κ2) is 5.22. The third-order valence-electron chi connectivity index (χ3n) is 4.32. The molecule has 0 heterocycles. The van der Waals surface area contributed by atoms with Crippen LogP contribution in [0, 0.1) is 19.3 Å². The van der Waals surface area contributed by atoms with Gasteiger partial charge in [-0.05, 0) is 49.7 Å². The van der Waals surface area contributed by atoms with Gasteiger partial charge in [-0.2, -0.15) is 0 Å². The van der Waals surface area contributed by atoms with Gasteiger partial charge in [-0.25, -0.2) is 0 Å². The lowest BCUT2D eigenvalue weighted by Crippen LogP contribution is -2.31. The molecular formula is C16H24O. The van der Waals surface area contributed by atoms with E-state index in [0.29, 0.717) is 6.61 Å². The number of rotatable bonds is 3. The van der Waals surface area contributed by atoms with Crippen LogP contribution in [0.3, 0.4) is 0 Å². The van der Waals surface area contributed by atoms with Crippen LogP contribution >= 0.6 is 0 Å². The maximum Gasteiger partial charge on any atom is 0.0490 e. The van der Waals surface area contributed by atoms with Gasteiger partial charge in [0.15, 0.2) is 0 Å². The Kier molecular flexibility index (Phi) is 3.88. The quantitative estimate of drug-likeness (QED) is 0.840. The Balaban J connectivity index is 2.20. The van der Waals surface area contributed by atoms with Gasteiger partial charge in [-0.1, -0.05) is 43.0 Å². The zero-order chi connectivity index (χ0) is 12.3. The Morgan fingerprint density at radius 1 is 1.12 bits per heavy atom. The minimum atomic E-state index is 0.163. The first-order valence-electron chi connectivity index (χ1n) is 6.82. The molecule has 1 saturated carbocycles. The van der Waals surface area contributed by atoms with Crippen LogP contribution in [0.15, 0.2) is 18.2 Å². The summed E-state index contributed by atoms with van der Waals surface area (Å²) < 4.78 is 0. The summed E-state index contributed by atoms with van der Waals surface area (Å²) in [5.74, 6) is 0. The fraction of sp³-hybridized carbons (Fsp3) is 0.625. The summed E-state index contributed by atoms with van der Waals surface area (Å²) >= 11 is 0. The van der Waals surface area contributed by atoms with Crippen LogP contribution < -0.4 is 0 Å². The SMILES string of the molecule is Cc1ccc(C)c(CC2(CO)CCCCC2)c1. The van der Waals surface area contributed by atoms with Crippen molar-refractivity contribution in [3.05, 3.63) is 34.9 Å². The van der Waals surface area contributed by atoms with E-state index in [4.69, 9.17) is 0 Å². The number of benzene rings is 1. The van der Waals surface area contributed by atoms with Crippen LogP contribution in [0.1, 0.15) is 48.8 Å². The third-order valence-corrected chi connectivity index (χ3v) is 4.32. The van der Waals surface area contributed by atoms with E-state index in [9.17, 15) is 5.11 Å². The van der Waals surface area contributed by atoms with E-state index in [1.807, 2.05) is 0 Å². The number of aryl methyl sites for hydroxylation is 2. The van der Waals surface area contributed by atoms with Crippen molar-refractivity contribution >= 4 is 0 Å². The van der Waals surface area contributed by atoms with Crippen LogP contribution in [0.4, 0.5) is 0 Å². The number of hydrogen-bond donors (Lipinski definition) is 1. The highest BCUT2D eigenvalue weighted by molar-refractivity contribution is 5.31. The molecule has 1 nitrogen and oxygen atoms in total. The Labute approximate surface area is 105 Å². The largest absolute Gasteiger partial charge is 0.396 e. The average molecular weight is 232 g/mol. The highest BCUT2D eigenvalue weighted by atomic mass is 16.3. The van der Waals surface area contributed by atoms with Crippen molar-refractivity contribution in [2.75, 3.05) is 6.61 Å². The first kappa shape index (κ1) is 12.6. The zero-order valence-corrected chi connectivity index (χ0v) is 11.1. The van der Waals surface area contributed by atoms with Gasteiger partial charge in [0.2, 0.25) is 0 Å². The van der Waals surface area contributed by atoms with Crippen molar-refractivity contribution in [1.29, 1.82) is 0 Å². The number of aliphatic hydroxyl groups excluding tert-OH is 1. The van der Waals surface area contributed by atoms with Crippen LogP contribution in [0.2, 0.25) is 0 Å². The molecule has 1 aromatic rings. The monoisotopic (exact) mass is 232 g/mol. The molecule has 0 atom stereocenters. The summed E-state index contributed by atoms with van der Waals surface area (Å²) in [7, 11) is 0. The molecule has 1 aliphatic rings. The molecule has 2 rings (SSSR count). The van der Waals surface area contributed by atoms with E-state index in [0.717, 1.165) is 6.42 Å². The van der Waals surface area contributed by atoms with Crippen LogP contribution in [0.25, 0.3) is 0 Å². The molecule has 0 bridgehead atoms. The summed E-state index contributed by atoms with van der Waals surface area (Å²) in [6.45, 7) is 4.68. The normalized spacial score (nSPS) is 19.2. The first-order chi connectivity index (χ1) is 8.15. The highest BCUT2D eigenvalue weighted by Crippen LogP contribution is 2.39. The molecule has 0 aromatic heterocycles. The molecule has 1 aromatic carbocycles. The van der Waals surface area contributed by atoms with Crippen LogP contribution in [-0.2, 0) is 6.42 Å². The standard InChI is InChI=1S/C16H24O/c1-13-6-7-14(2)15(10-13)11-16(12-17)8-4-3-5-9-16/h6-7,10,17H,3-5,8-9,11-12H2,1-2H3. The van der Waals surface area contributed by atoms with E-state index < -0.39 is 0 Å². The molecule has 17 heavy (non-hydrogen) atoms. The fourth-order valence-corrected chi connectivity index (χ4v) is 3.09. The fourth-order valence-electron chi connectivity index (χ4n) is 3.09. The lowest BCUT2D eigenvalue weighted by molar-refractivity contribution is 0.0822. The van der Waals surface area contributed by atoms with E-state index in [2.05, 4.69) is 32.0 Å². The van der Waals surface area contributed by atoms with Gasteiger partial charge in [-0.3, -0.25) is 0 Å². The van der Waals surface area contributed by atoms with Gasteiger partial charge in [0.1, 0.15) is 0 Å². The number of aliphatic hydroxyl groups is 1. The average Bonchev–Trinajstić information content (AvgIpc) is 2.35. The Bertz CT molecular complexity index is 375. The number of hydrogen-bond acceptors (Lipinski definition) is 1. The molecule has 1 N–H and O–H groups in total. The van der Waals surface area contributed by atoms with Gasteiger partial charge in [-0.15, -0.1) is 0 Å². The molecule has 94 valence electrons. The lowest BCUT2D eigenvalue weighted by atomic mass is 9.70. The Morgan fingerprint density at radius 2 is 1.82 bits per heavy atom. The van der Waals surface area contributed by atoms with Gasteiger partial charge >= 0.3 is 0 Å². The second-order valence-electron chi connectivity index (χ2n) is 5.83. The zero-order valence-electron chi connectivity index (χ0n) is 11.1. The van der Waals surface area contributed by atoms with Gasteiger partial charge in [0.05, 0.1) is 0 Å². The van der Waals surface area contributed by atoms with Crippen molar-refractivity contribution < 1.29 is 5.11 Å². The summed E-state index contributed by atoms with van der Waals surface area (Å²) in [6.07, 6.45) is 7.34. The summed E-state index contributed by atoms with van der Waals surface area (Å²) in [5, 5.41) is 9.76. The molecule has 0 unspecified atom stereocenters. The van der Waals surface area contributed by atoms with Crippen molar-refractivity contribution in [3.63, 3.8) is 0 Å². The minimum Gasteiger partial charge on any atom is -0.396 e. The molecule has 0 spiro atoms. The molecule has 0 aliphatic heterocycles. The maximum atomic E-state index is 9.76. The maximum absolute atomic E-state index is 9.76. The molecule has 0 amide bonds. The molecule has 0 saturated heterocycles. The predicted octanol–water partition coefficient (Wildman–Crippen LogP) is 3.79. The van der Waals surface area contributed by atoms with E-state index >= 15 is 0 Å². The van der Waals surface area contributed by atoms with Crippen molar-refractivity contribution in [2.24, 2.45) is 5.41 Å². The second-order valence-corrected chi connectivity index (χ2v) is 5.83. The predicted molar refractivity (Wildman–Crippen MR) is 72.2 cm³/mol. The topological polar surface area (TPSA) is 20.2 Å². The third kappa shape index (κ3) is 2.90. The van der Waals surface area contributed by atoms with E-state index in [1.165, 1.54) is 48.8 Å². The minimum absolute atomic E-state index is 0.163. The molecule has 1 aliphatic carbocycles. The Hall–Kier alpha value is -0.820. The molecular weight excluding hydrogens is 208 g/mol. The van der Waals surface area contributed by atoms with Crippen molar-refractivity contribution in [3.8, 4) is 0 Å². The van der Waals surface area contributed by atoms with Crippen molar-refractivity contribution in [1.82, 2.24) is 0 Å². The van der Waals surface area contributed by atoms with Gasteiger partial charge in [0.25, 0.3) is 0 Å². The van der Waals surface area contributed by atoms with Crippen molar-refractivity contribution in [2.45, 2.75) is 52.4 Å². The summed E-state index contributed by atoms with van der Waals surface area (Å²) in [6, 6.07) is 6.67. The summed E-state index contributed by atoms with van der Waals surface area (Å²) in [5.41, 5.74) is 4.29. The Morgan fingerprint density at radius 3 is 2.47 bits per heavy atom. The van der Waals surface area contributed by atoms with Crippen LogP contribution in [0.5, 0.6) is 0 Å². The molecule has 1 heteroatoms. The smallest absolute Gasteiger partial charge is 0.0490 e.